The first-order valence-corrected chi connectivity index (χ1v) is 4.47. The molecule has 16 heavy (non-hydrogen) atoms. The maximum atomic E-state index is 12.5. The van der Waals surface area contributed by atoms with Crippen LogP contribution in [0.25, 0.3) is 0 Å². The van der Waals surface area contributed by atoms with Crippen molar-refractivity contribution in [3.05, 3.63) is 34.4 Å². The summed E-state index contributed by atoms with van der Waals surface area (Å²) in [4.78, 5) is 10.9. The largest absolute Gasteiger partial charge is 0.416 e. The Morgan fingerprint density at radius 2 is 2.00 bits per heavy atom. The fraction of sp³-hybridized carbons (Fsp3) is 0.200. The molecular formula is C10H5ClF3NO. The predicted molar refractivity (Wildman–Crippen MR) is 51.1 cm³/mol. The van der Waals surface area contributed by atoms with Gasteiger partial charge in [-0.2, -0.15) is 18.4 Å². The fourth-order valence-corrected chi connectivity index (χ4v) is 1.47. The van der Waals surface area contributed by atoms with Crippen LogP contribution in [0.3, 0.4) is 0 Å². The summed E-state index contributed by atoms with van der Waals surface area (Å²) in [5, 5.41) is 7.54. The first-order chi connectivity index (χ1) is 7.27. The van der Waals surface area contributed by atoms with Gasteiger partial charge in [-0.15, -0.1) is 0 Å². The van der Waals surface area contributed by atoms with E-state index in [1.807, 2.05) is 0 Å². The van der Waals surface area contributed by atoms with Crippen molar-refractivity contribution in [2.45, 2.75) is 13.1 Å². The zero-order chi connectivity index (χ0) is 12.5. The molecule has 0 aliphatic heterocycles. The highest BCUT2D eigenvalue weighted by atomic mass is 35.5. The molecule has 0 fully saturated rings. The minimum atomic E-state index is -4.61. The molecule has 1 aromatic rings. The number of benzene rings is 1. The molecular weight excluding hydrogens is 243 g/mol. The second-order valence-electron chi connectivity index (χ2n) is 3.08. The second kappa shape index (κ2) is 4.14. The van der Waals surface area contributed by atoms with Crippen LogP contribution in [0.5, 0.6) is 0 Å². The van der Waals surface area contributed by atoms with Gasteiger partial charge in [0.1, 0.15) is 0 Å². The molecule has 0 aliphatic carbocycles. The normalized spacial score (nSPS) is 11.0. The predicted octanol–water partition coefficient (Wildman–Crippen LogP) is 3.26. The molecule has 0 heterocycles. The van der Waals surface area contributed by atoms with E-state index in [-0.39, 0.29) is 16.7 Å². The van der Waals surface area contributed by atoms with Crippen LogP contribution in [0.2, 0.25) is 0 Å². The fourth-order valence-electron chi connectivity index (χ4n) is 1.28. The molecule has 2 nitrogen and oxygen atoms in total. The second-order valence-corrected chi connectivity index (χ2v) is 3.42. The molecule has 1 aromatic carbocycles. The molecule has 6 heteroatoms. The van der Waals surface area contributed by atoms with Crippen LogP contribution < -0.4 is 0 Å². The lowest BCUT2D eigenvalue weighted by atomic mass is 9.99. The van der Waals surface area contributed by atoms with E-state index in [1.165, 1.54) is 0 Å². The molecule has 0 bridgehead atoms. The van der Waals surface area contributed by atoms with Gasteiger partial charge in [0.05, 0.1) is 17.2 Å². The Morgan fingerprint density at radius 1 is 1.44 bits per heavy atom. The highest BCUT2D eigenvalue weighted by Gasteiger charge is 2.34. The first kappa shape index (κ1) is 12.5. The lowest BCUT2D eigenvalue weighted by Crippen LogP contribution is -2.11. The molecule has 0 aromatic heterocycles. The van der Waals surface area contributed by atoms with Crippen LogP contribution >= 0.6 is 11.6 Å². The van der Waals surface area contributed by atoms with Crippen LogP contribution in [0, 0.1) is 18.3 Å². The number of carbonyl (C=O) groups is 1. The molecule has 1 rings (SSSR count). The molecule has 0 N–H and O–H groups in total. The Morgan fingerprint density at radius 3 is 2.38 bits per heavy atom. The highest BCUT2D eigenvalue weighted by molar-refractivity contribution is 6.68. The number of rotatable bonds is 1. The molecule has 0 atom stereocenters. The third-order valence-corrected chi connectivity index (χ3v) is 2.26. The monoisotopic (exact) mass is 247 g/mol. The van der Waals surface area contributed by atoms with Gasteiger partial charge in [0.15, 0.2) is 0 Å². The van der Waals surface area contributed by atoms with Crippen molar-refractivity contribution in [1.29, 1.82) is 5.26 Å². The van der Waals surface area contributed by atoms with Gasteiger partial charge >= 0.3 is 6.18 Å². The Kier molecular flexibility index (Phi) is 3.24. The van der Waals surface area contributed by atoms with Gasteiger partial charge in [-0.3, -0.25) is 4.79 Å². The number of nitrogens with zero attached hydrogens (tertiary/aromatic N) is 1. The van der Waals surface area contributed by atoms with Crippen molar-refractivity contribution in [2.75, 3.05) is 0 Å². The van der Waals surface area contributed by atoms with E-state index >= 15 is 0 Å². The first-order valence-electron chi connectivity index (χ1n) is 4.09. The number of hydrogen-bond acceptors (Lipinski definition) is 2. The molecule has 0 saturated heterocycles. The van der Waals surface area contributed by atoms with Crippen molar-refractivity contribution in [2.24, 2.45) is 0 Å². The Hall–Kier alpha value is -1.54. The van der Waals surface area contributed by atoms with E-state index < -0.39 is 17.0 Å². The van der Waals surface area contributed by atoms with Gasteiger partial charge in [-0.05, 0) is 36.2 Å². The van der Waals surface area contributed by atoms with Crippen molar-refractivity contribution < 1.29 is 18.0 Å². The lowest BCUT2D eigenvalue weighted by Gasteiger charge is -2.12. The van der Waals surface area contributed by atoms with E-state index in [2.05, 4.69) is 0 Å². The van der Waals surface area contributed by atoms with Crippen LogP contribution in [0.15, 0.2) is 12.1 Å². The molecule has 0 radical (unpaired) electrons. The smallest absolute Gasteiger partial charge is 0.276 e. The molecule has 0 aliphatic rings. The summed E-state index contributed by atoms with van der Waals surface area (Å²) in [6, 6.07) is 3.29. The summed E-state index contributed by atoms with van der Waals surface area (Å²) >= 11 is 5.14. The average molecular weight is 248 g/mol. The summed E-state index contributed by atoms with van der Waals surface area (Å²) in [5.74, 6) is 0. The third kappa shape index (κ3) is 2.34. The quantitative estimate of drug-likeness (QED) is 0.715. The van der Waals surface area contributed by atoms with Gasteiger partial charge in [0, 0.05) is 5.56 Å². The topological polar surface area (TPSA) is 40.9 Å². The third-order valence-electron chi connectivity index (χ3n) is 2.05. The minimum Gasteiger partial charge on any atom is -0.276 e. The number of hydrogen-bond donors (Lipinski definition) is 0. The van der Waals surface area contributed by atoms with Gasteiger partial charge < -0.3 is 0 Å². The summed E-state index contributed by atoms with van der Waals surface area (Å²) in [5.41, 5.74) is -1.84. The summed E-state index contributed by atoms with van der Waals surface area (Å²) in [7, 11) is 0. The van der Waals surface area contributed by atoms with E-state index in [1.54, 1.807) is 6.07 Å². The maximum Gasteiger partial charge on any atom is 0.416 e. The maximum absolute atomic E-state index is 12.5. The van der Waals surface area contributed by atoms with Crippen molar-refractivity contribution in [3.63, 3.8) is 0 Å². The van der Waals surface area contributed by atoms with Crippen LogP contribution in [-0.4, -0.2) is 5.24 Å². The van der Waals surface area contributed by atoms with Crippen molar-refractivity contribution in [3.8, 4) is 6.07 Å². The van der Waals surface area contributed by atoms with Gasteiger partial charge in [-0.25, -0.2) is 0 Å². The Bertz CT molecular complexity index is 488. The van der Waals surface area contributed by atoms with Gasteiger partial charge in [0.25, 0.3) is 5.24 Å². The highest BCUT2D eigenvalue weighted by Crippen LogP contribution is 2.34. The van der Waals surface area contributed by atoms with Crippen LogP contribution in [0.4, 0.5) is 13.2 Å². The van der Waals surface area contributed by atoms with Crippen LogP contribution in [0.1, 0.15) is 27.0 Å². The summed E-state index contributed by atoms with van der Waals surface area (Å²) in [6.07, 6.45) is -4.61. The number of halogens is 4. The molecule has 0 unspecified atom stereocenters. The van der Waals surface area contributed by atoms with Crippen molar-refractivity contribution >= 4 is 16.8 Å². The number of nitriles is 1. The standard InChI is InChI=1S/C10H5ClF3NO/c1-5-7(9(11)16)2-6(4-15)3-8(5)10(12,13)14/h2-3H,1H3. The van der Waals surface area contributed by atoms with Gasteiger partial charge in [-0.1, -0.05) is 0 Å². The van der Waals surface area contributed by atoms with E-state index in [0.29, 0.717) is 6.07 Å². The summed E-state index contributed by atoms with van der Waals surface area (Å²) < 4.78 is 37.6. The van der Waals surface area contributed by atoms with Crippen LogP contribution in [-0.2, 0) is 6.18 Å². The molecule has 0 spiro atoms. The van der Waals surface area contributed by atoms with E-state index in [4.69, 9.17) is 16.9 Å². The SMILES string of the molecule is Cc1c(C(=O)Cl)cc(C#N)cc1C(F)(F)F. The average Bonchev–Trinajstić information content (AvgIpc) is 2.15. The molecule has 84 valence electrons. The molecule has 0 saturated carbocycles. The minimum absolute atomic E-state index is 0.248. The number of alkyl halides is 3. The van der Waals surface area contributed by atoms with E-state index in [9.17, 15) is 18.0 Å². The Balaban J connectivity index is 3.58. The zero-order valence-electron chi connectivity index (χ0n) is 8.02. The molecule has 0 amide bonds. The lowest BCUT2D eigenvalue weighted by molar-refractivity contribution is -0.138. The summed E-state index contributed by atoms with van der Waals surface area (Å²) in [6.45, 7) is 1.14. The van der Waals surface area contributed by atoms with E-state index in [0.717, 1.165) is 13.0 Å². The van der Waals surface area contributed by atoms with Crippen molar-refractivity contribution in [1.82, 2.24) is 0 Å². The van der Waals surface area contributed by atoms with Gasteiger partial charge in [0.2, 0.25) is 0 Å². The zero-order valence-corrected chi connectivity index (χ0v) is 8.78. The number of carbonyl (C=O) groups excluding carboxylic acids is 1. The Labute approximate surface area is 94.2 Å².